The summed E-state index contributed by atoms with van der Waals surface area (Å²) in [5.41, 5.74) is 8.03. The van der Waals surface area contributed by atoms with Crippen LogP contribution in [0.2, 0.25) is 0 Å². The van der Waals surface area contributed by atoms with E-state index >= 15 is 0 Å². The molecule has 0 fully saturated rings. The lowest BCUT2D eigenvalue weighted by Crippen LogP contribution is -2.36. The first-order valence-corrected chi connectivity index (χ1v) is 14.3. The highest BCUT2D eigenvalue weighted by Crippen LogP contribution is 2.40. The summed E-state index contributed by atoms with van der Waals surface area (Å²) < 4.78 is 11.9. The molecule has 4 aromatic carbocycles. The van der Waals surface area contributed by atoms with Gasteiger partial charge < -0.3 is 9.47 Å². The minimum absolute atomic E-state index is 0.00929. The van der Waals surface area contributed by atoms with Crippen LogP contribution in [0.1, 0.15) is 66.2 Å². The fourth-order valence-corrected chi connectivity index (χ4v) is 5.54. The smallest absolute Gasteiger partial charge is 0.343 e. The molecular formula is C36H37NO3. The van der Waals surface area contributed by atoms with Gasteiger partial charge in [-0.05, 0) is 109 Å². The SMILES string of the molecule is CCN(CC)C(C)Oc1ccc(C(=C2CCCc3ccccc32)c2ccc(OC(=O)c3ccccc3)cc2)cc1. The lowest BCUT2D eigenvalue weighted by Gasteiger charge is -2.27. The molecule has 4 nitrogen and oxygen atoms in total. The predicted octanol–water partition coefficient (Wildman–Crippen LogP) is 8.27. The summed E-state index contributed by atoms with van der Waals surface area (Å²) in [5, 5.41) is 0. The molecule has 1 aliphatic carbocycles. The molecule has 0 amide bonds. The molecule has 1 atom stereocenters. The van der Waals surface area contributed by atoms with E-state index in [9.17, 15) is 4.79 Å². The molecule has 1 unspecified atom stereocenters. The molecule has 4 heteroatoms. The molecule has 0 aliphatic heterocycles. The number of carbonyl (C=O) groups excluding carboxylic acids is 1. The second-order valence-electron chi connectivity index (χ2n) is 10.1. The zero-order chi connectivity index (χ0) is 27.9. The maximum absolute atomic E-state index is 12.6. The van der Waals surface area contributed by atoms with Crippen molar-refractivity contribution >= 4 is 17.1 Å². The van der Waals surface area contributed by atoms with Gasteiger partial charge >= 0.3 is 5.97 Å². The van der Waals surface area contributed by atoms with E-state index in [-0.39, 0.29) is 12.2 Å². The average Bonchev–Trinajstić information content (AvgIpc) is 3.00. The zero-order valence-corrected chi connectivity index (χ0v) is 23.6. The first kappa shape index (κ1) is 27.4. The Balaban J connectivity index is 1.48. The third-order valence-electron chi connectivity index (χ3n) is 7.66. The molecule has 0 heterocycles. The Morgan fingerprint density at radius 2 is 1.32 bits per heavy atom. The minimum atomic E-state index is -0.359. The van der Waals surface area contributed by atoms with Gasteiger partial charge in [0, 0.05) is 0 Å². The fourth-order valence-electron chi connectivity index (χ4n) is 5.54. The fraction of sp³-hybridized carbons (Fsp3) is 0.250. The molecule has 0 aromatic heterocycles. The molecule has 1 aliphatic rings. The number of ether oxygens (including phenoxy) is 2. The van der Waals surface area contributed by atoms with Crippen molar-refractivity contribution in [3.63, 3.8) is 0 Å². The highest BCUT2D eigenvalue weighted by Gasteiger charge is 2.20. The van der Waals surface area contributed by atoms with Crippen LogP contribution in [0.25, 0.3) is 11.1 Å². The minimum Gasteiger partial charge on any atom is -0.475 e. The van der Waals surface area contributed by atoms with E-state index in [1.807, 2.05) is 30.3 Å². The van der Waals surface area contributed by atoms with Crippen molar-refractivity contribution in [1.29, 1.82) is 0 Å². The van der Waals surface area contributed by atoms with E-state index < -0.39 is 0 Å². The summed E-state index contributed by atoms with van der Waals surface area (Å²) in [6.07, 6.45) is 3.23. The first-order chi connectivity index (χ1) is 19.6. The molecule has 40 heavy (non-hydrogen) atoms. The Kier molecular flexibility index (Phi) is 8.78. The standard InChI is InChI=1S/C36H37NO3/c1-4-37(5-2)26(3)39-31-22-18-28(19-23-31)35(34-17-11-15-27-12-9-10-16-33(27)34)29-20-24-32(25-21-29)40-36(38)30-13-7-6-8-14-30/h6-10,12-14,16,18-26H,4-5,11,15,17H2,1-3H3. The van der Waals surface area contributed by atoms with Gasteiger partial charge in [-0.25, -0.2) is 4.79 Å². The predicted molar refractivity (Wildman–Crippen MR) is 163 cm³/mol. The maximum atomic E-state index is 12.6. The van der Waals surface area contributed by atoms with Crippen LogP contribution in [0.5, 0.6) is 11.5 Å². The van der Waals surface area contributed by atoms with E-state index in [0.717, 1.165) is 49.2 Å². The van der Waals surface area contributed by atoms with Crippen molar-refractivity contribution < 1.29 is 14.3 Å². The van der Waals surface area contributed by atoms with Crippen molar-refractivity contribution in [2.24, 2.45) is 0 Å². The largest absolute Gasteiger partial charge is 0.475 e. The Labute approximate surface area is 237 Å². The van der Waals surface area contributed by atoms with Gasteiger partial charge in [-0.2, -0.15) is 0 Å². The molecular weight excluding hydrogens is 494 g/mol. The molecule has 5 rings (SSSR count). The van der Waals surface area contributed by atoms with E-state index in [1.165, 1.54) is 22.3 Å². The number of hydrogen-bond donors (Lipinski definition) is 0. The number of aryl methyl sites for hydroxylation is 1. The summed E-state index contributed by atoms with van der Waals surface area (Å²) in [4.78, 5) is 14.9. The maximum Gasteiger partial charge on any atom is 0.343 e. The van der Waals surface area contributed by atoms with E-state index in [4.69, 9.17) is 9.47 Å². The van der Waals surface area contributed by atoms with Crippen LogP contribution in [0, 0.1) is 0 Å². The number of hydrogen-bond acceptors (Lipinski definition) is 4. The van der Waals surface area contributed by atoms with Gasteiger partial charge in [0.1, 0.15) is 17.7 Å². The van der Waals surface area contributed by atoms with E-state index in [1.54, 1.807) is 12.1 Å². The van der Waals surface area contributed by atoms with Gasteiger partial charge in [0.05, 0.1) is 5.56 Å². The van der Waals surface area contributed by atoms with Crippen molar-refractivity contribution in [3.05, 3.63) is 131 Å². The van der Waals surface area contributed by atoms with Crippen molar-refractivity contribution in [1.82, 2.24) is 4.90 Å². The summed E-state index contributed by atoms with van der Waals surface area (Å²) in [6.45, 7) is 8.30. The highest BCUT2D eigenvalue weighted by atomic mass is 16.5. The Hall–Kier alpha value is -4.15. The van der Waals surface area contributed by atoms with Gasteiger partial charge in [0.15, 0.2) is 0 Å². The van der Waals surface area contributed by atoms with Crippen LogP contribution in [0.15, 0.2) is 103 Å². The molecule has 0 spiro atoms. The summed E-state index contributed by atoms with van der Waals surface area (Å²) in [6, 6.07) is 34.1. The van der Waals surface area contributed by atoms with Crippen LogP contribution in [-0.2, 0) is 6.42 Å². The second kappa shape index (κ2) is 12.8. The Morgan fingerprint density at radius 3 is 1.98 bits per heavy atom. The van der Waals surface area contributed by atoms with Gasteiger partial charge in [0.25, 0.3) is 0 Å². The molecule has 204 valence electrons. The molecule has 0 saturated heterocycles. The van der Waals surface area contributed by atoms with Crippen LogP contribution >= 0.6 is 0 Å². The summed E-state index contributed by atoms with van der Waals surface area (Å²) in [7, 11) is 0. The molecule has 0 bridgehead atoms. The Bertz CT molecular complexity index is 1450. The van der Waals surface area contributed by atoms with Gasteiger partial charge in [0.2, 0.25) is 0 Å². The van der Waals surface area contributed by atoms with Crippen LogP contribution < -0.4 is 9.47 Å². The van der Waals surface area contributed by atoms with Crippen molar-refractivity contribution in [3.8, 4) is 11.5 Å². The van der Waals surface area contributed by atoms with Gasteiger partial charge in [-0.1, -0.05) is 80.6 Å². The number of carbonyl (C=O) groups is 1. The number of benzene rings is 4. The van der Waals surface area contributed by atoms with Crippen LogP contribution in [0.4, 0.5) is 0 Å². The topological polar surface area (TPSA) is 38.8 Å². The second-order valence-corrected chi connectivity index (χ2v) is 10.1. The van der Waals surface area contributed by atoms with E-state index in [2.05, 4.69) is 86.3 Å². The number of allylic oxidation sites excluding steroid dienone is 1. The van der Waals surface area contributed by atoms with Gasteiger partial charge in [-0.3, -0.25) is 4.90 Å². The lowest BCUT2D eigenvalue weighted by molar-refractivity contribution is 0.0481. The third kappa shape index (κ3) is 6.19. The number of rotatable bonds is 9. The van der Waals surface area contributed by atoms with E-state index in [0.29, 0.717) is 11.3 Å². The normalized spacial score (nSPS) is 14.8. The summed E-state index contributed by atoms with van der Waals surface area (Å²) >= 11 is 0. The first-order valence-electron chi connectivity index (χ1n) is 14.3. The average molecular weight is 532 g/mol. The Morgan fingerprint density at radius 1 is 0.725 bits per heavy atom. The van der Waals surface area contributed by atoms with Gasteiger partial charge in [-0.15, -0.1) is 0 Å². The molecule has 0 radical (unpaired) electrons. The number of esters is 1. The van der Waals surface area contributed by atoms with Crippen LogP contribution in [0.3, 0.4) is 0 Å². The quantitative estimate of drug-likeness (QED) is 0.124. The zero-order valence-electron chi connectivity index (χ0n) is 23.6. The monoisotopic (exact) mass is 531 g/mol. The number of nitrogens with zero attached hydrogens (tertiary/aromatic N) is 1. The van der Waals surface area contributed by atoms with Crippen LogP contribution in [-0.4, -0.2) is 30.2 Å². The van der Waals surface area contributed by atoms with Crippen molar-refractivity contribution in [2.45, 2.75) is 46.3 Å². The molecule has 4 aromatic rings. The third-order valence-corrected chi connectivity index (χ3v) is 7.66. The molecule has 0 N–H and O–H groups in total. The van der Waals surface area contributed by atoms with Crippen molar-refractivity contribution in [2.75, 3.05) is 13.1 Å². The lowest BCUT2D eigenvalue weighted by atomic mass is 9.81. The molecule has 0 saturated carbocycles. The highest BCUT2D eigenvalue weighted by molar-refractivity contribution is 5.99. The number of fused-ring (bicyclic) bond motifs is 1. The summed E-state index contributed by atoms with van der Waals surface area (Å²) in [5.74, 6) is 1.03.